The maximum Gasteiger partial charge on any atom is 0.0477 e. The topological polar surface area (TPSA) is 9.23 Å². The third-order valence-electron chi connectivity index (χ3n) is 4.12. The molecule has 1 saturated heterocycles. The van der Waals surface area contributed by atoms with Crippen LogP contribution in [0.4, 0.5) is 0 Å². The van der Waals surface area contributed by atoms with E-state index in [0.29, 0.717) is 5.41 Å². The zero-order valence-corrected chi connectivity index (χ0v) is 9.61. The van der Waals surface area contributed by atoms with Crippen LogP contribution in [0.2, 0.25) is 0 Å². The lowest BCUT2D eigenvalue weighted by Gasteiger charge is -2.40. The minimum Gasteiger partial charge on any atom is -0.381 e. The quantitative estimate of drug-likeness (QED) is 0.683. The van der Waals surface area contributed by atoms with Crippen LogP contribution in [0.15, 0.2) is 47.6 Å². The highest BCUT2D eigenvalue weighted by molar-refractivity contribution is 5.41. The van der Waals surface area contributed by atoms with Crippen LogP contribution >= 0.6 is 0 Å². The first-order chi connectivity index (χ1) is 7.92. The van der Waals surface area contributed by atoms with Gasteiger partial charge in [-0.3, -0.25) is 0 Å². The van der Waals surface area contributed by atoms with Crippen LogP contribution in [0.3, 0.4) is 0 Å². The predicted octanol–water partition coefficient (Wildman–Crippen LogP) is 3.56. The van der Waals surface area contributed by atoms with Gasteiger partial charge in [-0.1, -0.05) is 47.6 Å². The average Bonchev–Trinajstić information content (AvgIpc) is 3.04. The van der Waals surface area contributed by atoms with Gasteiger partial charge in [0.2, 0.25) is 0 Å². The molecule has 0 aromatic heterocycles. The Balaban J connectivity index is 1.93. The molecule has 0 aromatic carbocycles. The van der Waals surface area contributed by atoms with Crippen molar-refractivity contribution in [2.45, 2.75) is 25.7 Å². The summed E-state index contributed by atoms with van der Waals surface area (Å²) in [6, 6.07) is 0. The van der Waals surface area contributed by atoms with E-state index in [1.165, 1.54) is 0 Å². The van der Waals surface area contributed by atoms with Gasteiger partial charge in [-0.05, 0) is 25.7 Å². The second kappa shape index (κ2) is 4.06. The van der Waals surface area contributed by atoms with E-state index in [-0.39, 0.29) is 0 Å². The summed E-state index contributed by atoms with van der Waals surface area (Å²) >= 11 is 0. The van der Waals surface area contributed by atoms with Crippen molar-refractivity contribution in [1.82, 2.24) is 0 Å². The van der Waals surface area contributed by atoms with Gasteiger partial charge in [0.05, 0.1) is 0 Å². The van der Waals surface area contributed by atoms with Gasteiger partial charge in [-0.2, -0.15) is 0 Å². The third-order valence-corrected chi connectivity index (χ3v) is 4.12. The van der Waals surface area contributed by atoms with Gasteiger partial charge in [-0.25, -0.2) is 0 Å². The first-order valence-electron chi connectivity index (χ1n) is 6.22. The van der Waals surface area contributed by atoms with Crippen LogP contribution in [-0.2, 0) is 4.74 Å². The van der Waals surface area contributed by atoms with Crippen LogP contribution in [0.25, 0.3) is 0 Å². The van der Waals surface area contributed by atoms with Crippen molar-refractivity contribution in [2.24, 2.45) is 5.41 Å². The lowest BCUT2D eigenvalue weighted by molar-refractivity contribution is 0.0459. The molecule has 0 atom stereocenters. The molecule has 0 N–H and O–H groups in total. The average molecular weight is 214 g/mol. The molecule has 0 saturated carbocycles. The van der Waals surface area contributed by atoms with Crippen LogP contribution < -0.4 is 0 Å². The molecule has 1 nitrogen and oxygen atoms in total. The molecule has 0 aromatic rings. The molecule has 0 bridgehead atoms. The van der Waals surface area contributed by atoms with Gasteiger partial charge in [0.1, 0.15) is 0 Å². The highest BCUT2D eigenvalue weighted by Gasteiger charge is 2.39. The number of ether oxygens (including phenoxy) is 1. The van der Waals surface area contributed by atoms with Crippen molar-refractivity contribution >= 4 is 0 Å². The standard InChI is InChI=1S/C15H18O/c1-2-6-13(5-1)15(9-11-16-12-10-15)14-7-3-4-8-14/h1-5,7H,6,8-12H2. The Kier molecular flexibility index (Phi) is 2.56. The van der Waals surface area contributed by atoms with Crippen molar-refractivity contribution in [1.29, 1.82) is 0 Å². The Morgan fingerprint density at radius 1 is 0.875 bits per heavy atom. The lowest BCUT2D eigenvalue weighted by Crippen LogP contribution is -2.32. The van der Waals surface area contributed by atoms with Gasteiger partial charge in [0.25, 0.3) is 0 Å². The van der Waals surface area contributed by atoms with Crippen LogP contribution in [0.1, 0.15) is 25.7 Å². The number of rotatable bonds is 2. The minimum absolute atomic E-state index is 0.311. The fourth-order valence-corrected chi connectivity index (χ4v) is 3.17. The van der Waals surface area contributed by atoms with Crippen LogP contribution in [0, 0.1) is 5.41 Å². The molecule has 1 heterocycles. The lowest BCUT2D eigenvalue weighted by atomic mass is 9.67. The highest BCUT2D eigenvalue weighted by atomic mass is 16.5. The summed E-state index contributed by atoms with van der Waals surface area (Å²) in [6.07, 6.45) is 18.2. The molecule has 3 rings (SSSR count). The number of hydrogen-bond acceptors (Lipinski definition) is 1. The Labute approximate surface area is 97.2 Å². The minimum atomic E-state index is 0.311. The summed E-state index contributed by atoms with van der Waals surface area (Å²) < 4.78 is 5.55. The van der Waals surface area contributed by atoms with E-state index >= 15 is 0 Å². The van der Waals surface area contributed by atoms with Crippen molar-refractivity contribution < 1.29 is 4.74 Å². The molecule has 0 spiro atoms. The van der Waals surface area contributed by atoms with Crippen LogP contribution in [0.5, 0.6) is 0 Å². The van der Waals surface area contributed by atoms with E-state index in [9.17, 15) is 0 Å². The second-order valence-corrected chi connectivity index (χ2v) is 4.84. The third kappa shape index (κ3) is 1.51. The molecule has 1 heteroatoms. The van der Waals surface area contributed by atoms with Gasteiger partial charge in [0.15, 0.2) is 0 Å². The van der Waals surface area contributed by atoms with Gasteiger partial charge >= 0.3 is 0 Å². The molecule has 2 aliphatic carbocycles. The van der Waals surface area contributed by atoms with Crippen molar-refractivity contribution in [3.63, 3.8) is 0 Å². The SMILES string of the molecule is C1=CCC(C2(C3=CC=CC3)CCOCC2)=C1. The summed E-state index contributed by atoms with van der Waals surface area (Å²) in [5.41, 5.74) is 3.52. The fraction of sp³-hybridized carbons (Fsp3) is 0.467. The fourth-order valence-electron chi connectivity index (χ4n) is 3.17. The van der Waals surface area contributed by atoms with Crippen molar-refractivity contribution in [3.05, 3.63) is 47.6 Å². The maximum absolute atomic E-state index is 5.55. The largest absolute Gasteiger partial charge is 0.381 e. The Morgan fingerprint density at radius 2 is 1.44 bits per heavy atom. The molecule has 0 radical (unpaired) electrons. The summed E-state index contributed by atoms with van der Waals surface area (Å²) in [7, 11) is 0. The zero-order valence-electron chi connectivity index (χ0n) is 9.61. The number of allylic oxidation sites excluding steroid dienone is 8. The maximum atomic E-state index is 5.55. The summed E-state index contributed by atoms with van der Waals surface area (Å²) in [4.78, 5) is 0. The molecule has 16 heavy (non-hydrogen) atoms. The Bertz CT molecular complexity index is 358. The molecule has 0 amide bonds. The first kappa shape index (κ1) is 10.1. The summed E-state index contributed by atoms with van der Waals surface area (Å²) in [6.45, 7) is 1.82. The molecular formula is C15H18O. The summed E-state index contributed by atoms with van der Waals surface area (Å²) in [5.74, 6) is 0. The van der Waals surface area contributed by atoms with E-state index in [0.717, 1.165) is 38.9 Å². The zero-order chi connectivity index (χ0) is 10.8. The van der Waals surface area contributed by atoms with E-state index < -0.39 is 0 Å². The van der Waals surface area contributed by atoms with E-state index in [1.54, 1.807) is 11.1 Å². The normalized spacial score (nSPS) is 27.0. The van der Waals surface area contributed by atoms with E-state index in [1.807, 2.05) is 0 Å². The van der Waals surface area contributed by atoms with E-state index in [4.69, 9.17) is 4.74 Å². The smallest absolute Gasteiger partial charge is 0.0477 e. The first-order valence-corrected chi connectivity index (χ1v) is 6.22. The molecule has 3 aliphatic rings. The second-order valence-electron chi connectivity index (χ2n) is 4.84. The Morgan fingerprint density at radius 3 is 1.88 bits per heavy atom. The molecule has 0 unspecified atom stereocenters. The molecular weight excluding hydrogens is 196 g/mol. The molecule has 84 valence electrons. The summed E-state index contributed by atoms with van der Waals surface area (Å²) in [5, 5.41) is 0. The monoisotopic (exact) mass is 214 g/mol. The predicted molar refractivity (Wildman–Crippen MR) is 66.2 cm³/mol. The van der Waals surface area contributed by atoms with Crippen LogP contribution in [-0.4, -0.2) is 13.2 Å². The van der Waals surface area contributed by atoms with Gasteiger partial charge in [-0.15, -0.1) is 0 Å². The van der Waals surface area contributed by atoms with Crippen molar-refractivity contribution in [2.75, 3.05) is 13.2 Å². The molecule has 1 fully saturated rings. The number of hydrogen-bond donors (Lipinski definition) is 0. The van der Waals surface area contributed by atoms with Gasteiger partial charge in [0, 0.05) is 18.6 Å². The van der Waals surface area contributed by atoms with Crippen molar-refractivity contribution in [3.8, 4) is 0 Å². The van der Waals surface area contributed by atoms with E-state index in [2.05, 4.69) is 36.5 Å². The highest BCUT2D eigenvalue weighted by Crippen LogP contribution is 2.49. The van der Waals surface area contributed by atoms with Gasteiger partial charge < -0.3 is 4.74 Å². The molecule has 1 aliphatic heterocycles. The Hall–Kier alpha value is -1.08.